The number of carbonyl (C=O) groups excluding carboxylic acids is 3. The Bertz CT molecular complexity index is 1100. The van der Waals surface area contributed by atoms with Crippen LogP contribution in [0.15, 0.2) is 78.9 Å². The normalized spacial score (nSPS) is 12.1. The van der Waals surface area contributed by atoms with Gasteiger partial charge < -0.3 is 11.1 Å². The summed E-state index contributed by atoms with van der Waals surface area (Å²) >= 11 is 0. The maximum atomic E-state index is 12.6. The van der Waals surface area contributed by atoms with Gasteiger partial charge in [0.1, 0.15) is 6.04 Å². The molecule has 3 N–H and O–H groups in total. The molecular weight excluding hydrogens is 400 g/mol. The minimum atomic E-state index is -0.861. The van der Waals surface area contributed by atoms with Crippen molar-refractivity contribution >= 4 is 17.6 Å². The molecule has 5 nitrogen and oxygen atoms in total. The highest BCUT2D eigenvalue weighted by Gasteiger charge is 2.21. The van der Waals surface area contributed by atoms with Crippen molar-refractivity contribution in [3.63, 3.8) is 0 Å². The quantitative estimate of drug-likeness (QED) is 0.557. The van der Waals surface area contributed by atoms with E-state index in [1.807, 2.05) is 30.3 Å². The van der Waals surface area contributed by atoms with Crippen molar-refractivity contribution in [3.05, 3.63) is 107 Å². The van der Waals surface area contributed by atoms with E-state index >= 15 is 0 Å². The van der Waals surface area contributed by atoms with Crippen molar-refractivity contribution in [3.8, 4) is 0 Å². The van der Waals surface area contributed by atoms with E-state index in [0.29, 0.717) is 16.7 Å². The lowest BCUT2D eigenvalue weighted by Gasteiger charge is -2.19. The van der Waals surface area contributed by atoms with E-state index in [4.69, 9.17) is 5.73 Å². The van der Waals surface area contributed by atoms with Crippen molar-refractivity contribution in [1.29, 1.82) is 0 Å². The first-order valence-electron chi connectivity index (χ1n) is 10.5. The molecule has 2 amide bonds. The van der Waals surface area contributed by atoms with Gasteiger partial charge in [-0.05, 0) is 28.7 Å². The van der Waals surface area contributed by atoms with Crippen LogP contribution in [0.1, 0.15) is 58.2 Å². The van der Waals surface area contributed by atoms with E-state index in [-0.39, 0.29) is 23.5 Å². The molecule has 3 rings (SSSR count). The predicted molar refractivity (Wildman–Crippen MR) is 126 cm³/mol. The van der Waals surface area contributed by atoms with Crippen LogP contribution in [0.5, 0.6) is 0 Å². The molecule has 0 aliphatic heterocycles. The van der Waals surface area contributed by atoms with Gasteiger partial charge in [-0.15, -0.1) is 0 Å². The fraction of sp³-hybridized carbons (Fsp3) is 0.222. The van der Waals surface area contributed by atoms with Crippen LogP contribution in [0.3, 0.4) is 0 Å². The smallest absolute Gasteiger partial charge is 0.251 e. The molecule has 1 atom stereocenters. The average molecular weight is 429 g/mol. The maximum Gasteiger partial charge on any atom is 0.251 e. The SMILES string of the molecule is CC(C)(C)c1ccc(C(=O)N[C@@H](Cc2ccc(C(=O)c3ccccc3)cc2)C(N)=O)cc1. The fourth-order valence-electron chi connectivity index (χ4n) is 3.37. The van der Waals surface area contributed by atoms with Gasteiger partial charge in [-0.1, -0.05) is 87.5 Å². The van der Waals surface area contributed by atoms with Crippen LogP contribution in [0.2, 0.25) is 0 Å². The third-order valence-electron chi connectivity index (χ3n) is 5.35. The average Bonchev–Trinajstić information content (AvgIpc) is 2.78. The van der Waals surface area contributed by atoms with Gasteiger partial charge in [-0.25, -0.2) is 0 Å². The van der Waals surface area contributed by atoms with Gasteiger partial charge in [0.15, 0.2) is 5.78 Å². The molecule has 0 spiro atoms. The third-order valence-corrected chi connectivity index (χ3v) is 5.35. The Hall–Kier alpha value is -3.73. The predicted octanol–water partition coefficient (Wildman–Crippen LogP) is 4.04. The van der Waals surface area contributed by atoms with Crippen LogP contribution in [0.4, 0.5) is 0 Å². The largest absolute Gasteiger partial charge is 0.368 e. The number of benzene rings is 3. The van der Waals surface area contributed by atoms with Crippen LogP contribution in [0.25, 0.3) is 0 Å². The lowest BCUT2D eigenvalue weighted by molar-refractivity contribution is -0.119. The lowest BCUT2D eigenvalue weighted by Crippen LogP contribution is -2.45. The van der Waals surface area contributed by atoms with Crippen molar-refractivity contribution in [2.24, 2.45) is 5.73 Å². The number of nitrogens with two attached hydrogens (primary N) is 1. The van der Waals surface area contributed by atoms with E-state index in [0.717, 1.165) is 11.1 Å². The standard InChI is InChI=1S/C27H28N2O3/c1-27(2,3)22-15-13-21(14-16-22)26(32)29-23(25(28)31)17-18-9-11-20(12-10-18)24(30)19-7-5-4-6-8-19/h4-16,23H,17H2,1-3H3,(H2,28,31)(H,29,32)/t23-/m0/s1. The molecule has 0 saturated heterocycles. The molecule has 0 heterocycles. The first kappa shape index (κ1) is 22.9. The zero-order valence-corrected chi connectivity index (χ0v) is 18.6. The Balaban J connectivity index is 1.68. The summed E-state index contributed by atoms with van der Waals surface area (Å²) in [6.45, 7) is 6.30. The molecule has 3 aromatic rings. The summed E-state index contributed by atoms with van der Waals surface area (Å²) in [7, 11) is 0. The molecule has 0 aliphatic carbocycles. The first-order chi connectivity index (χ1) is 15.1. The molecule has 164 valence electrons. The van der Waals surface area contributed by atoms with E-state index in [1.165, 1.54) is 0 Å². The van der Waals surface area contributed by atoms with Crippen LogP contribution >= 0.6 is 0 Å². The molecule has 0 unspecified atom stereocenters. The first-order valence-corrected chi connectivity index (χ1v) is 10.5. The third kappa shape index (κ3) is 5.70. The second-order valence-corrected chi connectivity index (χ2v) is 8.85. The van der Waals surface area contributed by atoms with Gasteiger partial charge in [0.25, 0.3) is 5.91 Å². The number of hydrogen-bond acceptors (Lipinski definition) is 3. The zero-order valence-electron chi connectivity index (χ0n) is 18.6. The molecule has 32 heavy (non-hydrogen) atoms. The number of rotatable bonds is 7. The Morgan fingerprint density at radius 1 is 0.781 bits per heavy atom. The molecule has 0 bridgehead atoms. The number of amides is 2. The second-order valence-electron chi connectivity index (χ2n) is 8.85. The summed E-state index contributed by atoms with van der Waals surface area (Å²) < 4.78 is 0. The van der Waals surface area contributed by atoms with Gasteiger partial charge in [-0.2, -0.15) is 0 Å². The summed E-state index contributed by atoms with van der Waals surface area (Å²) in [4.78, 5) is 37.2. The van der Waals surface area contributed by atoms with Gasteiger partial charge >= 0.3 is 0 Å². The highest BCUT2D eigenvalue weighted by Crippen LogP contribution is 2.22. The van der Waals surface area contributed by atoms with Crippen LogP contribution in [0, 0.1) is 0 Å². The maximum absolute atomic E-state index is 12.6. The monoisotopic (exact) mass is 428 g/mol. The van der Waals surface area contributed by atoms with Gasteiger partial charge in [0.05, 0.1) is 0 Å². The topological polar surface area (TPSA) is 89.3 Å². The van der Waals surface area contributed by atoms with E-state index in [2.05, 4.69) is 26.1 Å². The number of primary amides is 1. The van der Waals surface area contributed by atoms with E-state index < -0.39 is 11.9 Å². The van der Waals surface area contributed by atoms with Crippen molar-refractivity contribution in [2.45, 2.75) is 38.6 Å². The minimum absolute atomic E-state index is 0.0151. The lowest BCUT2D eigenvalue weighted by atomic mass is 9.86. The highest BCUT2D eigenvalue weighted by atomic mass is 16.2. The summed E-state index contributed by atoms with van der Waals surface area (Å²) in [5.74, 6) is -1.05. The Labute approximate surface area is 188 Å². The van der Waals surface area contributed by atoms with Gasteiger partial charge in [0.2, 0.25) is 5.91 Å². The molecule has 3 aromatic carbocycles. The molecule has 5 heteroatoms. The van der Waals surface area contributed by atoms with Crippen molar-refractivity contribution < 1.29 is 14.4 Å². The van der Waals surface area contributed by atoms with Crippen LogP contribution < -0.4 is 11.1 Å². The van der Waals surface area contributed by atoms with E-state index in [9.17, 15) is 14.4 Å². The van der Waals surface area contributed by atoms with Crippen molar-refractivity contribution in [2.75, 3.05) is 0 Å². The van der Waals surface area contributed by atoms with Crippen LogP contribution in [-0.2, 0) is 16.6 Å². The van der Waals surface area contributed by atoms with Crippen molar-refractivity contribution in [1.82, 2.24) is 5.32 Å². The number of nitrogens with one attached hydrogen (secondary N) is 1. The summed E-state index contributed by atoms with van der Waals surface area (Å²) in [5.41, 5.74) is 9.06. The molecule has 0 fully saturated rings. The molecule has 0 aliphatic rings. The van der Waals surface area contributed by atoms with Crippen LogP contribution in [-0.4, -0.2) is 23.6 Å². The number of carbonyl (C=O) groups is 3. The number of hydrogen-bond donors (Lipinski definition) is 2. The number of ketones is 1. The minimum Gasteiger partial charge on any atom is -0.368 e. The summed E-state index contributed by atoms with van der Waals surface area (Å²) in [5, 5.41) is 2.72. The summed E-state index contributed by atoms with van der Waals surface area (Å²) in [6, 6.07) is 22.5. The van der Waals surface area contributed by atoms with E-state index in [1.54, 1.807) is 48.5 Å². The Morgan fingerprint density at radius 2 is 1.31 bits per heavy atom. The second kappa shape index (κ2) is 9.60. The molecule has 0 radical (unpaired) electrons. The fourth-order valence-corrected chi connectivity index (χ4v) is 3.37. The van der Waals surface area contributed by atoms with Gasteiger partial charge in [-0.3, -0.25) is 14.4 Å². The van der Waals surface area contributed by atoms with Gasteiger partial charge in [0, 0.05) is 23.1 Å². The molecular formula is C27H28N2O3. The summed E-state index contributed by atoms with van der Waals surface area (Å²) in [6.07, 6.45) is 0.237. The Kier molecular flexibility index (Phi) is 6.89. The molecule has 0 saturated carbocycles. The Morgan fingerprint density at radius 3 is 1.84 bits per heavy atom. The zero-order chi connectivity index (χ0) is 23.3. The molecule has 0 aromatic heterocycles. The highest BCUT2D eigenvalue weighted by molar-refractivity contribution is 6.09.